The molecule has 29 heavy (non-hydrogen) atoms. The Morgan fingerprint density at radius 2 is 2.14 bits per heavy atom. The first kappa shape index (κ1) is 20.9. The number of carbonyl (C=O) groups is 1. The number of benzene rings is 1. The Balaban J connectivity index is 1.60. The van der Waals surface area contributed by atoms with E-state index in [0.717, 1.165) is 5.75 Å². The first-order chi connectivity index (χ1) is 13.9. The summed E-state index contributed by atoms with van der Waals surface area (Å²) in [6.45, 7) is 6.02. The van der Waals surface area contributed by atoms with Crippen LogP contribution in [0.25, 0.3) is 0 Å². The Hall–Kier alpha value is -2.83. The molecule has 0 bridgehead atoms. The van der Waals surface area contributed by atoms with Crippen molar-refractivity contribution in [3.8, 4) is 11.8 Å². The third-order valence-corrected chi connectivity index (χ3v) is 6.24. The second-order valence-electron chi connectivity index (χ2n) is 6.52. The Bertz CT molecular complexity index is 1070. The number of rotatable bonds is 7. The van der Waals surface area contributed by atoms with Crippen molar-refractivity contribution in [2.75, 3.05) is 11.1 Å². The van der Waals surface area contributed by atoms with Gasteiger partial charge in [0.25, 0.3) is 0 Å². The van der Waals surface area contributed by atoms with Crippen LogP contribution in [0.3, 0.4) is 0 Å². The molecule has 0 aliphatic rings. The maximum atomic E-state index is 12.2. The highest BCUT2D eigenvalue weighted by Crippen LogP contribution is 2.26. The number of hydrogen-bond donors (Lipinski definition) is 1. The summed E-state index contributed by atoms with van der Waals surface area (Å²) >= 11 is 2.61. The van der Waals surface area contributed by atoms with Crippen LogP contribution >= 0.6 is 23.1 Å². The summed E-state index contributed by atoms with van der Waals surface area (Å²) in [5.74, 6) is 1.43. The van der Waals surface area contributed by atoms with Gasteiger partial charge in [0.1, 0.15) is 16.8 Å². The van der Waals surface area contributed by atoms with Crippen LogP contribution in [-0.2, 0) is 11.8 Å². The van der Waals surface area contributed by atoms with Crippen molar-refractivity contribution in [3.63, 3.8) is 0 Å². The molecule has 0 aliphatic heterocycles. The number of thioether (sulfide) groups is 1. The molecule has 2 heterocycles. The topological polar surface area (TPSA) is 92.8 Å². The highest BCUT2D eigenvalue weighted by atomic mass is 32.2. The van der Waals surface area contributed by atoms with E-state index < -0.39 is 0 Å². The fourth-order valence-corrected chi connectivity index (χ4v) is 4.11. The number of amides is 1. The summed E-state index contributed by atoms with van der Waals surface area (Å²) in [6, 6.07) is 9.70. The molecule has 1 amide bonds. The summed E-state index contributed by atoms with van der Waals surface area (Å²) in [4.78, 5) is 12.2. The van der Waals surface area contributed by atoms with Crippen LogP contribution in [0.1, 0.15) is 35.5 Å². The zero-order valence-electron chi connectivity index (χ0n) is 16.6. The van der Waals surface area contributed by atoms with E-state index in [0.29, 0.717) is 21.5 Å². The molecule has 3 rings (SSSR count). The van der Waals surface area contributed by atoms with Crippen molar-refractivity contribution in [1.29, 1.82) is 5.26 Å². The summed E-state index contributed by atoms with van der Waals surface area (Å²) in [5.41, 5.74) is 2.84. The molecule has 0 fully saturated rings. The predicted molar refractivity (Wildman–Crippen MR) is 114 cm³/mol. The van der Waals surface area contributed by atoms with Gasteiger partial charge in [-0.2, -0.15) is 5.26 Å². The zero-order valence-corrected chi connectivity index (χ0v) is 18.2. The Kier molecular flexibility index (Phi) is 6.56. The van der Waals surface area contributed by atoms with Gasteiger partial charge < -0.3 is 14.6 Å². The van der Waals surface area contributed by atoms with Gasteiger partial charge in [0, 0.05) is 7.05 Å². The third kappa shape index (κ3) is 4.96. The molecule has 1 aromatic carbocycles. The summed E-state index contributed by atoms with van der Waals surface area (Å²) in [7, 11) is 1.85. The number of nitrogens with one attached hydrogen (secondary N) is 1. The Labute approximate surface area is 177 Å². The van der Waals surface area contributed by atoms with Gasteiger partial charge in [-0.15, -0.1) is 21.5 Å². The van der Waals surface area contributed by atoms with Crippen molar-refractivity contribution in [1.82, 2.24) is 14.8 Å². The van der Waals surface area contributed by atoms with Crippen molar-refractivity contribution >= 4 is 34.0 Å². The molecule has 2 aromatic heterocycles. The van der Waals surface area contributed by atoms with Gasteiger partial charge in [-0.3, -0.25) is 4.79 Å². The Morgan fingerprint density at radius 1 is 1.34 bits per heavy atom. The highest BCUT2D eigenvalue weighted by Gasteiger charge is 2.18. The number of hydrogen-bond acceptors (Lipinski definition) is 7. The lowest BCUT2D eigenvalue weighted by Gasteiger charge is -2.15. The Morgan fingerprint density at radius 3 is 2.86 bits per heavy atom. The molecule has 0 radical (unpaired) electrons. The van der Waals surface area contributed by atoms with E-state index in [4.69, 9.17) is 10.00 Å². The van der Waals surface area contributed by atoms with Crippen LogP contribution in [0.4, 0.5) is 5.00 Å². The van der Waals surface area contributed by atoms with Crippen molar-refractivity contribution in [2.24, 2.45) is 7.05 Å². The highest BCUT2D eigenvalue weighted by molar-refractivity contribution is 7.99. The maximum absolute atomic E-state index is 12.2. The molecule has 0 saturated carbocycles. The lowest BCUT2D eigenvalue weighted by Crippen LogP contribution is -2.14. The minimum absolute atomic E-state index is 0.168. The normalized spacial score (nSPS) is 11.7. The zero-order chi connectivity index (χ0) is 21.0. The number of nitriles is 1. The smallest absolute Gasteiger partial charge is 0.235 e. The fourth-order valence-electron chi connectivity index (χ4n) is 2.64. The molecule has 0 spiro atoms. The van der Waals surface area contributed by atoms with E-state index in [1.165, 1.54) is 34.2 Å². The second-order valence-corrected chi connectivity index (χ2v) is 8.38. The van der Waals surface area contributed by atoms with Crippen LogP contribution in [0.2, 0.25) is 0 Å². The standard InChI is InChI=1S/C20H21N5O2S2/c1-12-5-6-16(9-13(12)2)27-14(3)18-23-24-20(25(18)4)29-11-17(26)22-19-15(10-21)7-8-28-19/h5-9,14H,11H2,1-4H3,(H,22,26). The average molecular weight is 428 g/mol. The lowest BCUT2D eigenvalue weighted by atomic mass is 10.1. The molecule has 1 N–H and O–H groups in total. The molecular formula is C20H21N5O2S2. The predicted octanol–water partition coefficient (Wildman–Crippen LogP) is 4.24. The minimum Gasteiger partial charge on any atom is -0.483 e. The molecule has 3 aromatic rings. The van der Waals surface area contributed by atoms with Gasteiger partial charge in [-0.05, 0) is 55.5 Å². The van der Waals surface area contributed by atoms with Crippen LogP contribution < -0.4 is 10.1 Å². The largest absolute Gasteiger partial charge is 0.483 e. The summed E-state index contributed by atoms with van der Waals surface area (Å²) in [6.07, 6.45) is -0.290. The molecule has 1 unspecified atom stereocenters. The third-order valence-electron chi connectivity index (χ3n) is 4.39. The van der Waals surface area contributed by atoms with E-state index in [1.54, 1.807) is 11.4 Å². The lowest BCUT2D eigenvalue weighted by molar-refractivity contribution is -0.113. The quantitative estimate of drug-likeness (QED) is 0.567. The van der Waals surface area contributed by atoms with Gasteiger partial charge in [-0.1, -0.05) is 17.8 Å². The second kappa shape index (κ2) is 9.11. The van der Waals surface area contributed by atoms with E-state index in [-0.39, 0.29) is 17.8 Å². The minimum atomic E-state index is -0.290. The van der Waals surface area contributed by atoms with Crippen LogP contribution in [0.5, 0.6) is 5.75 Å². The number of carbonyl (C=O) groups excluding carboxylic acids is 1. The molecule has 9 heteroatoms. The summed E-state index contributed by atoms with van der Waals surface area (Å²) < 4.78 is 7.84. The average Bonchev–Trinajstić information content (AvgIpc) is 3.29. The molecule has 150 valence electrons. The van der Waals surface area contributed by atoms with E-state index in [9.17, 15) is 4.79 Å². The van der Waals surface area contributed by atoms with Crippen molar-refractivity contribution in [3.05, 3.63) is 52.2 Å². The SMILES string of the molecule is Cc1ccc(OC(C)c2nnc(SCC(=O)Nc3sccc3C#N)n2C)cc1C. The first-order valence-electron chi connectivity index (χ1n) is 8.92. The van der Waals surface area contributed by atoms with E-state index in [2.05, 4.69) is 28.5 Å². The molecule has 0 saturated heterocycles. The molecule has 1 atom stereocenters. The monoisotopic (exact) mass is 427 g/mol. The molecular weight excluding hydrogens is 406 g/mol. The van der Waals surface area contributed by atoms with Gasteiger partial charge >= 0.3 is 0 Å². The van der Waals surface area contributed by atoms with Gasteiger partial charge in [0.15, 0.2) is 17.1 Å². The van der Waals surface area contributed by atoms with E-state index in [1.807, 2.05) is 43.7 Å². The fraction of sp³-hybridized carbons (Fsp3) is 0.300. The number of ether oxygens (including phenoxy) is 1. The van der Waals surface area contributed by atoms with Crippen molar-refractivity contribution in [2.45, 2.75) is 32.0 Å². The number of anilines is 1. The number of aromatic nitrogens is 3. The van der Waals surface area contributed by atoms with Crippen LogP contribution in [0.15, 0.2) is 34.8 Å². The first-order valence-corrected chi connectivity index (χ1v) is 10.8. The van der Waals surface area contributed by atoms with Crippen LogP contribution in [-0.4, -0.2) is 26.4 Å². The number of thiophene rings is 1. The van der Waals surface area contributed by atoms with Crippen molar-refractivity contribution < 1.29 is 9.53 Å². The summed E-state index contributed by atoms with van der Waals surface area (Å²) in [5, 5.41) is 23.1. The van der Waals surface area contributed by atoms with Gasteiger partial charge in [0.2, 0.25) is 5.91 Å². The van der Waals surface area contributed by atoms with Crippen LogP contribution in [0, 0.1) is 25.2 Å². The van der Waals surface area contributed by atoms with E-state index >= 15 is 0 Å². The number of aryl methyl sites for hydroxylation is 2. The van der Waals surface area contributed by atoms with Gasteiger partial charge in [0.05, 0.1) is 11.3 Å². The van der Waals surface area contributed by atoms with Gasteiger partial charge in [-0.25, -0.2) is 0 Å². The maximum Gasteiger partial charge on any atom is 0.235 e. The molecule has 7 nitrogen and oxygen atoms in total. The number of nitrogens with zero attached hydrogens (tertiary/aromatic N) is 4. The molecule has 0 aliphatic carbocycles.